The lowest BCUT2D eigenvalue weighted by Gasteiger charge is -2.10. The number of nitro groups is 1. The molecule has 0 unspecified atom stereocenters. The van der Waals surface area contributed by atoms with Crippen LogP contribution in [-0.4, -0.2) is 26.7 Å². The lowest BCUT2D eigenvalue weighted by atomic mass is 10.1. The number of nitro benzene ring substituents is 1. The Bertz CT molecular complexity index is 1310. The number of methoxy groups -OCH3 is 1. The van der Waals surface area contributed by atoms with Crippen molar-refractivity contribution < 1.29 is 31.2 Å². The maximum absolute atomic E-state index is 12.6. The second-order valence-corrected chi connectivity index (χ2v) is 8.44. The fraction of sp³-hybridized carbons (Fsp3) is 0.0952. The lowest BCUT2D eigenvalue weighted by Crippen LogP contribution is -2.13. The summed E-state index contributed by atoms with van der Waals surface area (Å²) in [5, 5.41) is 15.3. The van der Waals surface area contributed by atoms with E-state index < -0.39 is 32.4 Å². The van der Waals surface area contributed by atoms with Crippen molar-refractivity contribution in [3.8, 4) is 5.75 Å². The maximum Gasteiger partial charge on any atom is 0.416 e. The van der Waals surface area contributed by atoms with Gasteiger partial charge in [-0.3, -0.25) is 20.3 Å². The van der Waals surface area contributed by atoms with Gasteiger partial charge in [-0.1, -0.05) is 12.1 Å². The van der Waals surface area contributed by atoms with E-state index >= 15 is 0 Å². The van der Waals surface area contributed by atoms with Crippen LogP contribution in [0.25, 0.3) is 0 Å². The number of nitrogens with one attached hydrogen (secondary N) is 2. The third-order valence-electron chi connectivity index (χ3n) is 4.46. The molecule has 0 aliphatic heterocycles. The van der Waals surface area contributed by atoms with Crippen LogP contribution in [0.15, 0.2) is 76.7 Å². The summed E-state index contributed by atoms with van der Waals surface area (Å²) in [6.45, 7) is 0. The van der Waals surface area contributed by atoms with Crippen LogP contribution in [-0.2, 0) is 16.2 Å². The fourth-order valence-corrected chi connectivity index (χ4v) is 3.81. The van der Waals surface area contributed by atoms with Gasteiger partial charge >= 0.3 is 6.18 Å². The lowest BCUT2D eigenvalue weighted by molar-refractivity contribution is -0.384. The highest BCUT2D eigenvalue weighted by Crippen LogP contribution is 2.30. The number of sulfonamides is 1. The van der Waals surface area contributed by atoms with E-state index in [4.69, 9.17) is 4.74 Å². The van der Waals surface area contributed by atoms with Gasteiger partial charge in [0.05, 0.1) is 28.7 Å². The van der Waals surface area contributed by atoms with Gasteiger partial charge in [0, 0.05) is 11.8 Å². The van der Waals surface area contributed by atoms with E-state index in [-0.39, 0.29) is 16.3 Å². The Balaban J connectivity index is 1.78. The number of hydrogen-bond acceptors (Lipinski definition) is 7. The summed E-state index contributed by atoms with van der Waals surface area (Å²) in [6.07, 6.45) is -3.31. The quantitative estimate of drug-likeness (QED) is 0.262. The van der Waals surface area contributed by atoms with Crippen LogP contribution in [0.4, 0.5) is 30.2 Å². The van der Waals surface area contributed by atoms with Crippen LogP contribution in [0.1, 0.15) is 11.1 Å². The van der Waals surface area contributed by atoms with E-state index in [1.807, 2.05) is 0 Å². The Hall–Kier alpha value is -4.13. The molecule has 3 rings (SSSR count). The van der Waals surface area contributed by atoms with Gasteiger partial charge in [-0.15, -0.1) is 0 Å². The van der Waals surface area contributed by atoms with Crippen LogP contribution in [0, 0.1) is 10.1 Å². The Labute approximate surface area is 192 Å². The number of hydrazone groups is 1. The van der Waals surface area contributed by atoms with Crippen molar-refractivity contribution in [2.45, 2.75) is 11.1 Å². The molecule has 9 nitrogen and oxygen atoms in total. The number of ether oxygens (including phenoxy) is 1. The molecule has 0 spiro atoms. The second-order valence-electron chi connectivity index (χ2n) is 6.76. The summed E-state index contributed by atoms with van der Waals surface area (Å²) >= 11 is 0. The zero-order chi connectivity index (χ0) is 24.9. The molecule has 0 aromatic heterocycles. The molecule has 0 aliphatic rings. The van der Waals surface area contributed by atoms with E-state index in [0.717, 1.165) is 30.3 Å². The molecule has 13 heteroatoms. The SMILES string of the molecule is COc1ccc(NS(=O)(=O)c2ccc(N/N=C/c3ccc(C(F)(F)F)cc3)c([N+](=O)[O-])c2)cc1. The third-order valence-corrected chi connectivity index (χ3v) is 5.83. The summed E-state index contributed by atoms with van der Waals surface area (Å²) in [5.74, 6) is 0.519. The van der Waals surface area contributed by atoms with Gasteiger partial charge in [0.2, 0.25) is 0 Å². The van der Waals surface area contributed by atoms with E-state index in [9.17, 15) is 31.7 Å². The first-order valence-electron chi connectivity index (χ1n) is 9.41. The van der Waals surface area contributed by atoms with E-state index in [0.29, 0.717) is 11.3 Å². The van der Waals surface area contributed by atoms with Crippen LogP contribution in [0.3, 0.4) is 0 Å². The van der Waals surface area contributed by atoms with Crippen molar-refractivity contribution in [3.05, 3.63) is 88.0 Å². The molecule has 0 amide bonds. The number of hydrogen-bond donors (Lipinski definition) is 2. The predicted octanol–water partition coefficient (Wildman–Crippen LogP) is 4.87. The minimum atomic E-state index is -4.47. The maximum atomic E-state index is 12.6. The van der Waals surface area contributed by atoms with E-state index in [1.54, 1.807) is 12.1 Å². The smallest absolute Gasteiger partial charge is 0.416 e. The molecule has 0 aliphatic carbocycles. The Morgan fingerprint density at radius 2 is 1.68 bits per heavy atom. The number of anilines is 2. The largest absolute Gasteiger partial charge is 0.497 e. The third kappa shape index (κ3) is 6.01. The molecular weight excluding hydrogens is 477 g/mol. The summed E-state index contributed by atoms with van der Waals surface area (Å²) < 4.78 is 70.5. The normalized spacial score (nSPS) is 11.9. The molecule has 2 N–H and O–H groups in total. The molecule has 0 atom stereocenters. The van der Waals surface area contributed by atoms with Crippen molar-refractivity contribution in [3.63, 3.8) is 0 Å². The molecule has 0 saturated heterocycles. The minimum absolute atomic E-state index is 0.114. The summed E-state index contributed by atoms with van der Waals surface area (Å²) in [4.78, 5) is 10.3. The average Bonchev–Trinajstić information content (AvgIpc) is 2.79. The molecule has 0 radical (unpaired) electrons. The van der Waals surface area contributed by atoms with Gasteiger partial charge in [0.1, 0.15) is 11.4 Å². The van der Waals surface area contributed by atoms with Gasteiger partial charge in [-0.05, 0) is 54.1 Å². The summed E-state index contributed by atoms with van der Waals surface area (Å²) in [7, 11) is -2.68. The number of halogens is 3. The Kier molecular flexibility index (Phi) is 7.05. The van der Waals surface area contributed by atoms with Gasteiger partial charge in [0.15, 0.2) is 0 Å². The van der Waals surface area contributed by atoms with Crippen molar-refractivity contribution in [1.82, 2.24) is 0 Å². The predicted molar refractivity (Wildman–Crippen MR) is 120 cm³/mol. The molecule has 178 valence electrons. The Morgan fingerprint density at radius 3 is 2.24 bits per heavy atom. The monoisotopic (exact) mass is 494 g/mol. The molecule has 3 aromatic carbocycles. The van der Waals surface area contributed by atoms with Gasteiger partial charge in [0.25, 0.3) is 15.7 Å². The van der Waals surface area contributed by atoms with E-state index in [1.165, 1.54) is 37.6 Å². The van der Waals surface area contributed by atoms with Crippen molar-refractivity contribution >= 4 is 33.3 Å². The summed E-state index contributed by atoms with van der Waals surface area (Å²) in [6, 6.07) is 13.3. The van der Waals surface area contributed by atoms with Crippen LogP contribution in [0.2, 0.25) is 0 Å². The highest BCUT2D eigenvalue weighted by molar-refractivity contribution is 7.92. The zero-order valence-corrected chi connectivity index (χ0v) is 18.2. The average molecular weight is 494 g/mol. The number of benzene rings is 3. The first-order chi connectivity index (χ1) is 16.0. The fourth-order valence-electron chi connectivity index (χ4n) is 2.73. The van der Waals surface area contributed by atoms with Gasteiger partial charge in [-0.2, -0.15) is 18.3 Å². The van der Waals surface area contributed by atoms with Gasteiger partial charge < -0.3 is 4.74 Å². The van der Waals surface area contributed by atoms with Crippen molar-refractivity contribution in [1.29, 1.82) is 0 Å². The molecule has 0 saturated carbocycles. The van der Waals surface area contributed by atoms with E-state index in [2.05, 4.69) is 15.2 Å². The Morgan fingerprint density at radius 1 is 1.03 bits per heavy atom. The molecular formula is C21H17F3N4O5S. The highest BCUT2D eigenvalue weighted by Gasteiger charge is 2.29. The zero-order valence-electron chi connectivity index (χ0n) is 17.4. The van der Waals surface area contributed by atoms with Crippen LogP contribution in [0.5, 0.6) is 5.75 Å². The molecule has 0 heterocycles. The number of rotatable bonds is 8. The van der Waals surface area contributed by atoms with Crippen LogP contribution >= 0.6 is 0 Å². The van der Waals surface area contributed by atoms with Crippen molar-refractivity contribution in [2.24, 2.45) is 5.10 Å². The van der Waals surface area contributed by atoms with Crippen molar-refractivity contribution in [2.75, 3.05) is 17.3 Å². The number of nitrogens with zero attached hydrogens (tertiary/aromatic N) is 2. The number of alkyl halides is 3. The molecule has 0 bridgehead atoms. The topological polar surface area (TPSA) is 123 Å². The molecule has 34 heavy (non-hydrogen) atoms. The summed E-state index contributed by atoms with van der Waals surface area (Å²) in [5.41, 5.74) is 1.44. The van der Waals surface area contributed by atoms with Crippen LogP contribution < -0.4 is 14.9 Å². The molecule has 0 fully saturated rings. The standard InChI is InChI=1S/C21H17F3N4O5S/c1-33-17-8-6-16(7-9-17)27-34(31,32)18-10-11-19(20(12-18)28(29)30)26-25-13-14-2-4-15(5-3-14)21(22,23)24/h2-13,26-27H,1H3/b25-13+. The van der Waals surface area contributed by atoms with Gasteiger partial charge in [-0.25, -0.2) is 8.42 Å². The highest BCUT2D eigenvalue weighted by atomic mass is 32.2. The second kappa shape index (κ2) is 9.79. The minimum Gasteiger partial charge on any atom is -0.497 e. The molecule has 3 aromatic rings. The first kappa shape index (κ1) is 24.5. The first-order valence-corrected chi connectivity index (χ1v) is 10.9.